The maximum atomic E-state index is 5.68. The smallest absolute Gasteiger partial charge is 0.138 e. The zero-order valence-electron chi connectivity index (χ0n) is 50.4. The van der Waals surface area contributed by atoms with E-state index in [1.54, 1.807) is 0 Å². The van der Waals surface area contributed by atoms with Crippen molar-refractivity contribution in [2.24, 2.45) is 0 Å². The topological polar surface area (TPSA) is 66.3 Å². The summed E-state index contributed by atoms with van der Waals surface area (Å²) in [6, 6.07) is 117. The van der Waals surface area contributed by atoms with Crippen LogP contribution < -0.4 is 0 Å². The molecule has 434 valence electrons. The summed E-state index contributed by atoms with van der Waals surface area (Å²) >= 11 is 0. The zero-order chi connectivity index (χ0) is 61.3. The van der Waals surface area contributed by atoms with Gasteiger partial charge in [-0.2, -0.15) is 0 Å². The highest BCUT2D eigenvalue weighted by Gasteiger charge is 2.22. The second-order valence-electron chi connectivity index (χ2n) is 23.8. The van der Waals surface area contributed by atoms with Crippen molar-refractivity contribution in [1.82, 2.24) is 33.6 Å². The van der Waals surface area contributed by atoms with Gasteiger partial charge in [0.05, 0.1) is 67.3 Å². The maximum Gasteiger partial charge on any atom is 0.138 e. The van der Waals surface area contributed by atoms with Gasteiger partial charge in [-0.15, -0.1) is 0 Å². The van der Waals surface area contributed by atoms with Crippen LogP contribution in [0.3, 0.4) is 0 Å². The van der Waals surface area contributed by atoms with E-state index in [-0.39, 0.29) is 0 Å². The fourth-order valence-electron chi connectivity index (χ4n) is 14.0. The minimum Gasteiger partial charge on any atom is -0.309 e. The van der Waals surface area contributed by atoms with Gasteiger partial charge in [0.25, 0.3) is 0 Å². The number of fused-ring (bicyclic) bond motifs is 9. The van der Waals surface area contributed by atoms with Crippen LogP contribution in [0.15, 0.2) is 334 Å². The first kappa shape index (κ1) is 53.4. The molecule has 7 heteroatoms. The van der Waals surface area contributed by atoms with Crippen LogP contribution in [0.1, 0.15) is 0 Å². The Labute approximate surface area is 536 Å². The third-order valence-corrected chi connectivity index (χ3v) is 18.3. The Bertz CT molecular complexity index is 5390. The minimum absolute atomic E-state index is 0.810. The molecule has 11 aromatic carbocycles. The summed E-state index contributed by atoms with van der Waals surface area (Å²) in [6.07, 6.45) is 1.96. The van der Waals surface area contributed by atoms with E-state index < -0.39 is 0 Å². The highest BCUT2D eigenvalue weighted by Crippen LogP contribution is 2.43. The van der Waals surface area contributed by atoms with E-state index in [1.807, 2.05) is 30.5 Å². The minimum atomic E-state index is 0.810. The summed E-state index contributed by atoms with van der Waals surface area (Å²) in [5.41, 5.74) is 24.2. The van der Waals surface area contributed by atoms with Crippen molar-refractivity contribution in [1.29, 1.82) is 0 Å². The fraction of sp³-hybridized carbons (Fsp3) is 0. The van der Waals surface area contributed by atoms with Crippen molar-refractivity contribution < 1.29 is 0 Å². The lowest BCUT2D eigenvalue weighted by Gasteiger charge is -2.16. The van der Waals surface area contributed by atoms with Gasteiger partial charge in [-0.1, -0.05) is 218 Å². The summed E-state index contributed by atoms with van der Waals surface area (Å²) in [5, 5.41) is 7.15. The molecule has 0 aliphatic heterocycles. The van der Waals surface area contributed by atoms with E-state index in [0.29, 0.717) is 0 Å². The summed E-state index contributed by atoms with van der Waals surface area (Å²) in [4.78, 5) is 21.6. The normalized spacial score (nSPS) is 11.7. The van der Waals surface area contributed by atoms with Gasteiger partial charge in [0.2, 0.25) is 0 Å². The average molecular weight is 1190 g/mol. The van der Waals surface area contributed by atoms with E-state index in [9.17, 15) is 0 Å². The number of pyridine rings is 4. The third kappa shape index (κ3) is 9.29. The average Bonchev–Trinajstić information content (AvgIpc) is 1.62. The van der Waals surface area contributed by atoms with Crippen LogP contribution in [0.5, 0.6) is 0 Å². The Morgan fingerprint density at radius 3 is 0.871 bits per heavy atom. The standard InChI is InChI=1S/C86H55N7/c1-5-23-56(24-6-1)74-49-62(50-75(88-74)57-25-7-2-8-26-57)78-47-61(48-79(90-78)63-51-76(58-27-9-3-10-28-58)89-77(52-63)59-29-11-4-12-30-59)67-32-14-13-31-66(67)60-45-46-87-86(53-60)93-84-43-41-64(91-80-37-19-15-33-68(80)69-34-16-20-38-81(69)91)54-72(84)73-55-65(42-44-85(73)93)92-82-39-21-17-35-70(82)71-36-18-22-40-83(71)92/h1-55H. The SMILES string of the molecule is c1ccc(-c2cc(-c3cc(-c4ccccc4-c4ccnc(-n5c6ccc(-n7c8ccccc8c8ccccc87)cc6c6cc(-n7c8ccccc8c8ccccc87)ccc65)c4)cc(-c4cc(-c5ccccc5)nc(-c5ccccc5)c4)n3)cc(-c3ccccc3)n2)cc1. The largest absolute Gasteiger partial charge is 0.309 e. The van der Waals surface area contributed by atoms with Crippen molar-refractivity contribution in [3.8, 4) is 107 Å². The lowest BCUT2D eigenvalue weighted by molar-refractivity contribution is 1.08. The Morgan fingerprint density at radius 1 is 0.194 bits per heavy atom. The molecule has 0 N–H and O–H groups in total. The molecule has 0 aliphatic carbocycles. The van der Waals surface area contributed by atoms with Gasteiger partial charge in [-0.25, -0.2) is 19.9 Å². The monoisotopic (exact) mass is 1190 g/mol. The molecule has 18 rings (SSSR count). The Balaban J connectivity index is 0.840. The highest BCUT2D eigenvalue weighted by atomic mass is 15.1. The molecule has 0 unspecified atom stereocenters. The maximum absolute atomic E-state index is 5.68. The summed E-state index contributed by atoms with van der Waals surface area (Å²) in [7, 11) is 0. The number of para-hydroxylation sites is 4. The molecule has 0 aliphatic rings. The van der Waals surface area contributed by atoms with Crippen LogP contribution in [0, 0.1) is 0 Å². The Hall–Kier alpha value is -12.6. The second-order valence-corrected chi connectivity index (χ2v) is 23.8. The van der Waals surface area contributed by atoms with Crippen LogP contribution in [-0.2, 0) is 0 Å². The van der Waals surface area contributed by atoms with Crippen LogP contribution in [-0.4, -0.2) is 33.6 Å². The highest BCUT2D eigenvalue weighted by molar-refractivity contribution is 6.14. The van der Waals surface area contributed by atoms with Gasteiger partial charge in [0.15, 0.2) is 0 Å². The molecular weight excluding hydrogens is 1130 g/mol. The number of benzene rings is 11. The van der Waals surface area contributed by atoms with E-state index in [0.717, 1.165) is 129 Å². The molecule has 7 aromatic heterocycles. The summed E-state index contributed by atoms with van der Waals surface area (Å²) in [6.45, 7) is 0. The van der Waals surface area contributed by atoms with Crippen LogP contribution in [0.25, 0.3) is 172 Å². The van der Waals surface area contributed by atoms with Gasteiger partial charge in [-0.05, 0) is 131 Å². The number of aromatic nitrogens is 7. The van der Waals surface area contributed by atoms with Crippen molar-refractivity contribution in [3.05, 3.63) is 334 Å². The Kier molecular flexibility index (Phi) is 12.7. The third-order valence-electron chi connectivity index (χ3n) is 18.3. The Morgan fingerprint density at radius 2 is 0.495 bits per heavy atom. The lowest BCUT2D eigenvalue weighted by Crippen LogP contribution is -1.99. The van der Waals surface area contributed by atoms with Gasteiger partial charge in [-0.3, -0.25) is 4.57 Å². The first-order chi connectivity index (χ1) is 46.1. The van der Waals surface area contributed by atoms with Crippen LogP contribution in [0.4, 0.5) is 0 Å². The molecule has 0 bridgehead atoms. The van der Waals surface area contributed by atoms with Gasteiger partial charge in [0.1, 0.15) is 5.82 Å². The molecule has 7 nitrogen and oxygen atoms in total. The predicted molar refractivity (Wildman–Crippen MR) is 384 cm³/mol. The van der Waals surface area contributed by atoms with Crippen molar-refractivity contribution >= 4 is 65.4 Å². The molecule has 0 spiro atoms. The van der Waals surface area contributed by atoms with Gasteiger partial charge < -0.3 is 9.13 Å². The fourth-order valence-corrected chi connectivity index (χ4v) is 14.0. The number of rotatable bonds is 11. The molecule has 0 atom stereocenters. The lowest BCUT2D eigenvalue weighted by atomic mass is 9.92. The molecule has 0 fully saturated rings. The van der Waals surface area contributed by atoms with Crippen LogP contribution in [0.2, 0.25) is 0 Å². The molecule has 93 heavy (non-hydrogen) atoms. The predicted octanol–water partition coefficient (Wildman–Crippen LogP) is 21.9. The first-order valence-electron chi connectivity index (χ1n) is 31.5. The number of hydrogen-bond acceptors (Lipinski definition) is 4. The van der Waals surface area contributed by atoms with Crippen molar-refractivity contribution in [2.45, 2.75) is 0 Å². The molecule has 18 aromatic rings. The molecule has 0 saturated heterocycles. The van der Waals surface area contributed by atoms with Crippen molar-refractivity contribution in [2.75, 3.05) is 0 Å². The van der Waals surface area contributed by atoms with Gasteiger partial charge >= 0.3 is 0 Å². The summed E-state index contributed by atoms with van der Waals surface area (Å²) in [5.74, 6) is 0.810. The number of hydrogen-bond donors (Lipinski definition) is 0. The van der Waals surface area contributed by atoms with Crippen molar-refractivity contribution in [3.63, 3.8) is 0 Å². The molecule has 0 radical (unpaired) electrons. The molecule has 0 amide bonds. The molecular formula is C86H55N7. The second kappa shape index (κ2) is 22.2. The summed E-state index contributed by atoms with van der Waals surface area (Å²) < 4.78 is 7.17. The van der Waals surface area contributed by atoms with E-state index >= 15 is 0 Å². The first-order valence-corrected chi connectivity index (χ1v) is 31.5. The van der Waals surface area contributed by atoms with E-state index in [4.69, 9.17) is 19.9 Å². The quantitative estimate of drug-likeness (QED) is 0.129. The molecule has 7 heterocycles. The van der Waals surface area contributed by atoms with E-state index in [2.05, 4.69) is 317 Å². The molecule has 0 saturated carbocycles. The van der Waals surface area contributed by atoms with Crippen LogP contribution >= 0.6 is 0 Å². The number of nitrogens with zero attached hydrogens (tertiary/aromatic N) is 7. The zero-order valence-corrected chi connectivity index (χ0v) is 50.4. The van der Waals surface area contributed by atoms with Gasteiger partial charge in [0, 0.05) is 83.3 Å². The van der Waals surface area contributed by atoms with E-state index in [1.165, 1.54) is 43.6 Å².